The van der Waals surface area contributed by atoms with Gasteiger partial charge in [0.15, 0.2) is 0 Å². The third kappa shape index (κ3) is 4.76. The van der Waals surface area contributed by atoms with Crippen LogP contribution in [0.3, 0.4) is 0 Å². The van der Waals surface area contributed by atoms with E-state index in [4.69, 9.17) is 21.1 Å². The SMILES string of the molecule is COc1ccc(OCCNCc2cccc(Cl)c2)cc1. The summed E-state index contributed by atoms with van der Waals surface area (Å²) in [6, 6.07) is 15.4. The van der Waals surface area contributed by atoms with Gasteiger partial charge >= 0.3 is 0 Å². The molecule has 2 aromatic rings. The molecule has 2 aromatic carbocycles. The molecule has 0 heterocycles. The van der Waals surface area contributed by atoms with Gasteiger partial charge in [-0.2, -0.15) is 0 Å². The first-order chi connectivity index (χ1) is 9.78. The molecule has 1 N–H and O–H groups in total. The quantitative estimate of drug-likeness (QED) is 0.792. The van der Waals surface area contributed by atoms with Gasteiger partial charge in [0.1, 0.15) is 18.1 Å². The van der Waals surface area contributed by atoms with E-state index in [0.717, 1.165) is 29.6 Å². The van der Waals surface area contributed by atoms with Crippen molar-refractivity contribution in [2.45, 2.75) is 6.54 Å². The van der Waals surface area contributed by atoms with Crippen LogP contribution < -0.4 is 14.8 Å². The van der Waals surface area contributed by atoms with Crippen LogP contribution in [0.15, 0.2) is 48.5 Å². The molecule has 0 saturated heterocycles. The lowest BCUT2D eigenvalue weighted by molar-refractivity contribution is 0.313. The fourth-order valence-corrected chi connectivity index (χ4v) is 2.01. The van der Waals surface area contributed by atoms with E-state index in [2.05, 4.69) is 5.32 Å². The highest BCUT2D eigenvalue weighted by Gasteiger charge is 1.96. The van der Waals surface area contributed by atoms with Crippen molar-refractivity contribution < 1.29 is 9.47 Å². The number of halogens is 1. The number of benzene rings is 2. The summed E-state index contributed by atoms with van der Waals surface area (Å²) in [5.74, 6) is 1.67. The Hall–Kier alpha value is -1.71. The zero-order valence-corrected chi connectivity index (χ0v) is 12.2. The zero-order chi connectivity index (χ0) is 14.2. The fourth-order valence-electron chi connectivity index (χ4n) is 1.79. The minimum absolute atomic E-state index is 0.618. The van der Waals surface area contributed by atoms with Gasteiger partial charge in [0.2, 0.25) is 0 Å². The van der Waals surface area contributed by atoms with Crippen LogP contribution in [-0.4, -0.2) is 20.3 Å². The molecule has 0 aliphatic heterocycles. The van der Waals surface area contributed by atoms with Gasteiger partial charge in [-0.15, -0.1) is 0 Å². The van der Waals surface area contributed by atoms with Crippen molar-refractivity contribution in [1.29, 1.82) is 0 Å². The average Bonchev–Trinajstić information content (AvgIpc) is 2.48. The molecule has 0 bridgehead atoms. The van der Waals surface area contributed by atoms with Crippen molar-refractivity contribution in [3.8, 4) is 11.5 Å². The normalized spacial score (nSPS) is 10.3. The molecule has 0 aliphatic carbocycles. The maximum absolute atomic E-state index is 5.93. The maximum Gasteiger partial charge on any atom is 0.119 e. The van der Waals surface area contributed by atoms with Gasteiger partial charge in [-0.1, -0.05) is 23.7 Å². The Morgan fingerprint density at radius 2 is 1.80 bits per heavy atom. The van der Waals surface area contributed by atoms with E-state index in [1.165, 1.54) is 5.56 Å². The van der Waals surface area contributed by atoms with Crippen molar-refractivity contribution in [2.24, 2.45) is 0 Å². The first-order valence-electron chi connectivity index (χ1n) is 6.50. The molecule has 106 valence electrons. The summed E-state index contributed by atoms with van der Waals surface area (Å²) in [7, 11) is 1.65. The summed E-state index contributed by atoms with van der Waals surface area (Å²) < 4.78 is 10.7. The van der Waals surface area contributed by atoms with Crippen LogP contribution in [0.5, 0.6) is 11.5 Å². The van der Waals surface area contributed by atoms with Crippen LogP contribution in [0.1, 0.15) is 5.56 Å². The summed E-state index contributed by atoms with van der Waals surface area (Å²) in [5.41, 5.74) is 1.17. The highest BCUT2D eigenvalue weighted by molar-refractivity contribution is 6.30. The van der Waals surface area contributed by atoms with E-state index in [0.29, 0.717) is 6.61 Å². The van der Waals surface area contributed by atoms with Crippen molar-refractivity contribution in [3.05, 3.63) is 59.1 Å². The van der Waals surface area contributed by atoms with Gasteiger partial charge in [-0.25, -0.2) is 0 Å². The van der Waals surface area contributed by atoms with Crippen molar-refractivity contribution in [2.75, 3.05) is 20.3 Å². The zero-order valence-electron chi connectivity index (χ0n) is 11.4. The Labute approximate surface area is 124 Å². The number of methoxy groups -OCH3 is 1. The molecule has 20 heavy (non-hydrogen) atoms. The number of hydrogen-bond donors (Lipinski definition) is 1. The van der Waals surface area contributed by atoms with E-state index in [1.807, 2.05) is 48.5 Å². The minimum Gasteiger partial charge on any atom is -0.497 e. The lowest BCUT2D eigenvalue weighted by atomic mass is 10.2. The average molecular weight is 292 g/mol. The number of hydrogen-bond acceptors (Lipinski definition) is 3. The highest BCUT2D eigenvalue weighted by Crippen LogP contribution is 2.16. The molecule has 0 aliphatic rings. The molecule has 0 fully saturated rings. The molecule has 2 rings (SSSR count). The standard InChI is InChI=1S/C16H18ClNO2/c1-19-15-5-7-16(8-6-15)20-10-9-18-12-13-3-2-4-14(17)11-13/h2-8,11,18H,9-10,12H2,1H3. The van der Waals surface area contributed by atoms with Gasteiger partial charge in [0.05, 0.1) is 7.11 Å². The lowest BCUT2D eigenvalue weighted by Gasteiger charge is -2.08. The van der Waals surface area contributed by atoms with Crippen LogP contribution in [0.2, 0.25) is 5.02 Å². The smallest absolute Gasteiger partial charge is 0.119 e. The third-order valence-corrected chi connectivity index (χ3v) is 3.06. The molecule has 3 nitrogen and oxygen atoms in total. The first-order valence-corrected chi connectivity index (χ1v) is 6.88. The van der Waals surface area contributed by atoms with Crippen molar-refractivity contribution in [1.82, 2.24) is 5.32 Å². The molecule has 0 saturated carbocycles. The predicted octanol–water partition coefficient (Wildman–Crippen LogP) is 3.52. The molecule has 0 unspecified atom stereocenters. The Balaban J connectivity index is 1.66. The lowest BCUT2D eigenvalue weighted by Crippen LogP contribution is -2.20. The van der Waals surface area contributed by atoms with Crippen LogP contribution in [-0.2, 0) is 6.54 Å². The van der Waals surface area contributed by atoms with Gasteiger partial charge < -0.3 is 14.8 Å². The highest BCUT2D eigenvalue weighted by atomic mass is 35.5. The fraction of sp³-hybridized carbons (Fsp3) is 0.250. The van der Waals surface area contributed by atoms with Crippen LogP contribution in [0.25, 0.3) is 0 Å². The topological polar surface area (TPSA) is 30.5 Å². The second-order valence-electron chi connectivity index (χ2n) is 4.33. The molecule has 0 spiro atoms. The second kappa shape index (κ2) is 7.78. The molecule has 0 aromatic heterocycles. The van der Waals surface area contributed by atoms with Gasteiger partial charge in [-0.05, 0) is 42.0 Å². The number of ether oxygens (including phenoxy) is 2. The predicted molar refractivity (Wildman–Crippen MR) is 81.6 cm³/mol. The van der Waals surface area contributed by atoms with E-state index >= 15 is 0 Å². The van der Waals surface area contributed by atoms with E-state index in [1.54, 1.807) is 7.11 Å². The largest absolute Gasteiger partial charge is 0.497 e. The van der Waals surface area contributed by atoms with Crippen molar-refractivity contribution in [3.63, 3.8) is 0 Å². The molecule has 0 radical (unpaired) electrons. The summed E-state index contributed by atoms with van der Waals surface area (Å²) in [4.78, 5) is 0. The molecular formula is C16H18ClNO2. The second-order valence-corrected chi connectivity index (χ2v) is 4.77. The van der Waals surface area contributed by atoms with Gasteiger partial charge in [0.25, 0.3) is 0 Å². The Morgan fingerprint density at radius 3 is 2.50 bits per heavy atom. The molecule has 4 heteroatoms. The summed E-state index contributed by atoms with van der Waals surface area (Å²) in [5, 5.41) is 4.08. The van der Waals surface area contributed by atoms with E-state index < -0.39 is 0 Å². The summed E-state index contributed by atoms with van der Waals surface area (Å²) >= 11 is 5.93. The molecule has 0 atom stereocenters. The third-order valence-electron chi connectivity index (χ3n) is 2.83. The van der Waals surface area contributed by atoms with Crippen molar-refractivity contribution >= 4 is 11.6 Å². The number of nitrogens with one attached hydrogen (secondary N) is 1. The Kier molecular flexibility index (Phi) is 5.71. The molecule has 0 amide bonds. The summed E-state index contributed by atoms with van der Waals surface area (Å²) in [6.07, 6.45) is 0. The minimum atomic E-state index is 0.618. The maximum atomic E-state index is 5.93. The summed E-state index contributed by atoms with van der Waals surface area (Å²) in [6.45, 7) is 2.18. The van der Waals surface area contributed by atoms with E-state index in [-0.39, 0.29) is 0 Å². The van der Waals surface area contributed by atoms with Gasteiger partial charge in [0, 0.05) is 18.1 Å². The Morgan fingerprint density at radius 1 is 1.05 bits per heavy atom. The van der Waals surface area contributed by atoms with E-state index in [9.17, 15) is 0 Å². The first kappa shape index (κ1) is 14.7. The van der Waals surface area contributed by atoms with Crippen LogP contribution in [0, 0.1) is 0 Å². The van der Waals surface area contributed by atoms with Crippen LogP contribution in [0.4, 0.5) is 0 Å². The van der Waals surface area contributed by atoms with Gasteiger partial charge in [-0.3, -0.25) is 0 Å². The van der Waals surface area contributed by atoms with Crippen LogP contribution >= 0.6 is 11.6 Å². The monoisotopic (exact) mass is 291 g/mol. The number of rotatable bonds is 7. The molecular weight excluding hydrogens is 274 g/mol. The Bertz CT molecular complexity index is 528.